The molecule has 3 aliphatic rings. The molecule has 7 nitrogen and oxygen atoms in total. The number of anilines is 1. The first-order valence-corrected chi connectivity index (χ1v) is 11.3. The third-order valence-corrected chi connectivity index (χ3v) is 6.65. The van der Waals surface area contributed by atoms with Gasteiger partial charge in [0, 0.05) is 32.2 Å². The van der Waals surface area contributed by atoms with Gasteiger partial charge in [0.1, 0.15) is 0 Å². The smallest absolute Gasteiger partial charge is 0.233 e. The third-order valence-electron chi connectivity index (χ3n) is 5.72. The monoisotopic (exact) mass is 393 g/mol. The van der Waals surface area contributed by atoms with E-state index in [2.05, 4.69) is 26.6 Å². The average molecular weight is 394 g/mol. The van der Waals surface area contributed by atoms with Crippen LogP contribution >= 0.6 is 11.8 Å². The number of morpholine rings is 1. The molecule has 0 bridgehead atoms. The molecule has 2 atom stereocenters. The second kappa shape index (κ2) is 7.99. The lowest BCUT2D eigenvalue weighted by Gasteiger charge is -2.35. The molecule has 3 fully saturated rings. The quantitative estimate of drug-likeness (QED) is 0.717. The summed E-state index contributed by atoms with van der Waals surface area (Å²) in [6, 6.07) is 0.510. The molecule has 1 amide bonds. The van der Waals surface area contributed by atoms with Crippen molar-refractivity contribution in [2.24, 2.45) is 5.92 Å². The van der Waals surface area contributed by atoms with Gasteiger partial charge in [-0.1, -0.05) is 18.7 Å². The minimum atomic E-state index is 0.103. The van der Waals surface area contributed by atoms with Gasteiger partial charge in [-0.15, -0.1) is 10.2 Å². The summed E-state index contributed by atoms with van der Waals surface area (Å²) in [6.07, 6.45) is 5.01. The van der Waals surface area contributed by atoms with Crippen molar-refractivity contribution in [3.63, 3.8) is 0 Å². The summed E-state index contributed by atoms with van der Waals surface area (Å²) in [7, 11) is 0. The molecule has 0 N–H and O–H groups in total. The Balaban J connectivity index is 1.41. The van der Waals surface area contributed by atoms with Crippen molar-refractivity contribution in [2.45, 2.75) is 69.9 Å². The summed E-state index contributed by atoms with van der Waals surface area (Å²) in [4.78, 5) is 17.0. The van der Waals surface area contributed by atoms with E-state index in [1.54, 1.807) is 0 Å². The molecule has 150 valence electrons. The summed E-state index contributed by atoms with van der Waals surface area (Å²) >= 11 is 1.54. The van der Waals surface area contributed by atoms with Crippen LogP contribution in [-0.4, -0.2) is 69.7 Å². The number of aromatic nitrogens is 3. The molecule has 1 aromatic rings. The highest BCUT2D eigenvalue weighted by molar-refractivity contribution is 7.99. The molecule has 1 aromatic heterocycles. The van der Waals surface area contributed by atoms with Gasteiger partial charge in [0.2, 0.25) is 11.9 Å². The van der Waals surface area contributed by atoms with Crippen LogP contribution in [0.15, 0.2) is 5.16 Å². The third kappa shape index (κ3) is 4.42. The predicted molar refractivity (Wildman–Crippen MR) is 106 cm³/mol. The first kappa shape index (κ1) is 19.1. The van der Waals surface area contributed by atoms with Gasteiger partial charge >= 0.3 is 0 Å². The molecule has 3 heterocycles. The Morgan fingerprint density at radius 1 is 1.07 bits per heavy atom. The molecular formula is C19H31N5O2S. The van der Waals surface area contributed by atoms with Crippen LogP contribution in [0.4, 0.5) is 5.95 Å². The van der Waals surface area contributed by atoms with Crippen LogP contribution in [0, 0.1) is 5.92 Å². The summed E-state index contributed by atoms with van der Waals surface area (Å²) in [5, 5.41) is 9.87. The van der Waals surface area contributed by atoms with Crippen LogP contribution in [0.25, 0.3) is 0 Å². The van der Waals surface area contributed by atoms with Crippen molar-refractivity contribution < 1.29 is 9.53 Å². The Hall–Kier alpha value is -1.28. The second-order valence-electron chi connectivity index (χ2n) is 8.40. The maximum Gasteiger partial charge on any atom is 0.233 e. The van der Waals surface area contributed by atoms with E-state index in [4.69, 9.17) is 4.74 Å². The van der Waals surface area contributed by atoms with Crippen molar-refractivity contribution in [3.8, 4) is 0 Å². The van der Waals surface area contributed by atoms with Crippen molar-refractivity contribution in [2.75, 3.05) is 36.8 Å². The Morgan fingerprint density at radius 2 is 1.74 bits per heavy atom. The Kier molecular flexibility index (Phi) is 5.64. The lowest BCUT2D eigenvalue weighted by Crippen LogP contribution is -2.48. The first-order valence-electron chi connectivity index (χ1n) is 10.3. The molecule has 27 heavy (non-hydrogen) atoms. The highest BCUT2D eigenvalue weighted by atomic mass is 32.2. The Morgan fingerprint density at radius 3 is 2.37 bits per heavy atom. The second-order valence-corrected chi connectivity index (χ2v) is 9.34. The first-order chi connectivity index (χ1) is 13.0. The molecule has 2 aliphatic heterocycles. The van der Waals surface area contributed by atoms with Gasteiger partial charge in [-0.2, -0.15) is 0 Å². The summed E-state index contributed by atoms with van der Waals surface area (Å²) < 4.78 is 8.02. The summed E-state index contributed by atoms with van der Waals surface area (Å²) in [6.45, 7) is 9.84. The fraction of sp³-hybridized carbons (Fsp3) is 0.842. The highest BCUT2D eigenvalue weighted by Gasteiger charge is 2.33. The fourth-order valence-corrected chi connectivity index (χ4v) is 4.95. The molecule has 0 aromatic carbocycles. The Labute approximate surface area is 165 Å². The molecular weight excluding hydrogens is 362 g/mol. The molecule has 4 rings (SSSR count). The summed E-state index contributed by atoms with van der Waals surface area (Å²) in [5.74, 6) is 2.39. The zero-order chi connectivity index (χ0) is 19.0. The van der Waals surface area contributed by atoms with Gasteiger partial charge < -0.3 is 14.5 Å². The van der Waals surface area contributed by atoms with E-state index in [0.717, 1.165) is 30.1 Å². The number of amides is 1. The van der Waals surface area contributed by atoms with E-state index in [0.29, 0.717) is 24.9 Å². The van der Waals surface area contributed by atoms with Crippen LogP contribution in [0.2, 0.25) is 0 Å². The number of carbonyl (C=O) groups is 1. The van der Waals surface area contributed by atoms with E-state index in [1.165, 1.54) is 37.4 Å². The number of carbonyl (C=O) groups excluding carboxylic acids is 1. The highest BCUT2D eigenvalue weighted by Crippen LogP contribution is 2.41. The lowest BCUT2D eigenvalue weighted by molar-refractivity contribution is -0.140. The van der Waals surface area contributed by atoms with Crippen LogP contribution < -0.4 is 4.90 Å². The van der Waals surface area contributed by atoms with Gasteiger partial charge in [0.15, 0.2) is 5.16 Å². The normalized spacial score (nSPS) is 27.2. The minimum Gasteiger partial charge on any atom is -0.372 e. The number of ether oxygens (including phenoxy) is 1. The van der Waals surface area contributed by atoms with Crippen molar-refractivity contribution in [1.29, 1.82) is 0 Å². The number of nitrogens with zero attached hydrogens (tertiary/aromatic N) is 5. The topological polar surface area (TPSA) is 63.5 Å². The van der Waals surface area contributed by atoms with Gasteiger partial charge in [-0.3, -0.25) is 9.36 Å². The zero-order valence-electron chi connectivity index (χ0n) is 16.6. The van der Waals surface area contributed by atoms with E-state index in [9.17, 15) is 4.79 Å². The van der Waals surface area contributed by atoms with Gasteiger partial charge in [0.25, 0.3) is 0 Å². The predicted octanol–water partition coefficient (Wildman–Crippen LogP) is 2.58. The largest absolute Gasteiger partial charge is 0.372 e. The summed E-state index contributed by atoms with van der Waals surface area (Å²) in [5.41, 5.74) is 0. The van der Waals surface area contributed by atoms with Gasteiger partial charge in [-0.25, -0.2) is 0 Å². The lowest BCUT2D eigenvalue weighted by atomic mass is 10.00. The average Bonchev–Trinajstić information content (AvgIpc) is 3.39. The molecule has 2 unspecified atom stereocenters. The van der Waals surface area contributed by atoms with Crippen LogP contribution in [0.3, 0.4) is 0 Å². The van der Waals surface area contributed by atoms with Crippen molar-refractivity contribution in [1.82, 2.24) is 19.7 Å². The minimum absolute atomic E-state index is 0.103. The van der Waals surface area contributed by atoms with Crippen LogP contribution in [0.5, 0.6) is 0 Å². The number of thioether (sulfide) groups is 1. The molecule has 1 aliphatic carbocycles. The molecule has 8 heteroatoms. The van der Waals surface area contributed by atoms with E-state index >= 15 is 0 Å². The van der Waals surface area contributed by atoms with Gasteiger partial charge in [-0.05, 0) is 45.4 Å². The van der Waals surface area contributed by atoms with E-state index < -0.39 is 0 Å². The standard InChI is InChI=1S/C19H31N5O2S/c1-13-6-8-22(9-7-13)18-20-21-19(24(18)16-4-5-16)27-12-17(25)23-10-14(2)26-15(3)11-23/h13-16H,4-12H2,1-3H3. The van der Waals surface area contributed by atoms with Crippen molar-refractivity contribution in [3.05, 3.63) is 0 Å². The number of hydrogen-bond donors (Lipinski definition) is 0. The zero-order valence-corrected chi connectivity index (χ0v) is 17.5. The maximum absolute atomic E-state index is 12.7. The SMILES string of the molecule is CC1CCN(c2nnc(SCC(=O)N3CC(C)OC(C)C3)n2C2CC2)CC1. The Bertz CT molecular complexity index is 659. The molecule has 0 radical (unpaired) electrons. The van der Waals surface area contributed by atoms with Gasteiger partial charge in [0.05, 0.1) is 18.0 Å². The number of hydrogen-bond acceptors (Lipinski definition) is 6. The number of piperidine rings is 1. The molecule has 1 saturated carbocycles. The molecule has 2 saturated heterocycles. The fourth-order valence-electron chi connectivity index (χ4n) is 4.04. The van der Waals surface area contributed by atoms with Crippen molar-refractivity contribution >= 4 is 23.6 Å². The molecule has 0 spiro atoms. The van der Waals surface area contributed by atoms with E-state index in [-0.39, 0.29) is 18.1 Å². The maximum atomic E-state index is 12.7. The van der Waals surface area contributed by atoms with Crippen LogP contribution in [0.1, 0.15) is 52.5 Å². The van der Waals surface area contributed by atoms with Crippen LogP contribution in [-0.2, 0) is 9.53 Å². The van der Waals surface area contributed by atoms with E-state index in [1.807, 2.05) is 18.7 Å². The number of rotatable bonds is 5.